The zero-order valence-electron chi connectivity index (χ0n) is 6.73. The van der Waals surface area contributed by atoms with Crippen LogP contribution in [0.4, 0.5) is 0 Å². The molecule has 0 aliphatic rings. The largest absolute Gasteiger partial charge is 0.380 e. The second-order valence-corrected chi connectivity index (χ2v) is 2.36. The summed E-state index contributed by atoms with van der Waals surface area (Å²) in [5.74, 6) is 0. The first kappa shape index (κ1) is 9.44. The zero-order valence-corrected chi connectivity index (χ0v) is 6.73. The molecule has 0 saturated heterocycles. The van der Waals surface area contributed by atoms with E-state index in [1.807, 2.05) is 6.08 Å². The summed E-state index contributed by atoms with van der Waals surface area (Å²) in [6.45, 7) is 8.19. The highest BCUT2D eigenvalue weighted by atomic mass is 16.5. The van der Waals surface area contributed by atoms with E-state index >= 15 is 0 Å². The Morgan fingerprint density at radius 1 is 1.60 bits per heavy atom. The van der Waals surface area contributed by atoms with Crippen molar-refractivity contribution in [3.05, 3.63) is 24.8 Å². The first-order chi connectivity index (χ1) is 4.81. The SMILES string of the molecule is C=CCCCC(=C)COC. The van der Waals surface area contributed by atoms with E-state index < -0.39 is 0 Å². The third kappa shape index (κ3) is 5.57. The zero-order chi connectivity index (χ0) is 7.82. The average molecular weight is 140 g/mol. The van der Waals surface area contributed by atoms with Gasteiger partial charge >= 0.3 is 0 Å². The number of methoxy groups -OCH3 is 1. The van der Waals surface area contributed by atoms with Gasteiger partial charge in [0.15, 0.2) is 0 Å². The lowest BCUT2D eigenvalue weighted by atomic mass is 10.1. The van der Waals surface area contributed by atoms with Gasteiger partial charge < -0.3 is 4.74 Å². The minimum atomic E-state index is 0.692. The molecule has 1 heteroatoms. The first-order valence-electron chi connectivity index (χ1n) is 3.57. The maximum absolute atomic E-state index is 4.91. The highest BCUT2D eigenvalue weighted by Crippen LogP contribution is 2.04. The van der Waals surface area contributed by atoms with Crippen LogP contribution in [0.2, 0.25) is 0 Å². The van der Waals surface area contributed by atoms with Crippen molar-refractivity contribution in [3.8, 4) is 0 Å². The fourth-order valence-corrected chi connectivity index (χ4v) is 0.773. The fourth-order valence-electron chi connectivity index (χ4n) is 0.773. The van der Waals surface area contributed by atoms with Crippen LogP contribution in [0.25, 0.3) is 0 Å². The Morgan fingerprint density at radius 2 is 2.30 bits per heavy atom. The molecule has 0 spiro atoms. The second-order valence-electron chi connectivity index (χ2n) is 2.36. The van der Waals surface area contributed by atoms with Gasteiger partial charge in [-0.1, -0.05) is 18.2 Å². The molecule has 0 rings (SSSR count). The smallest absolute Gasteiger partial charge is 0.0670 e. The van der Waals surface area contributed by atoms with Gasteiger partial charge in [0.25, 0.3) is 0 Å². The summed E-state index contributed by atoms with van der Waals surface area (Å²) >= 11 is 0. The fraction of sp³-hybridized carbons (Fsp3) is 0.556. The van der Waals surface area contributed by atoms with Gasteiger partial charge in [-0.05, 0) is 19.3 Å². The Balaban J connectivity index is 3.13. The summed E-state index contributed by atoms with van der Waals surface area (Å²) in [5, 5.41) is 0. The van der Waals surface area contributed by atoms with Crippen molar-refractivity contribution in [1.82, 2.24) is 0 Å². The molecule has 0 bridgehead atoms. The van der Waals surface area contributed by atoms with Crippen molar-refractivity contribution in [2.24, 2.45) is 0 Å². The first-order valence-corrected chi connectivity index (χ1v) is 3.57. The lowest BCUT2D eigenvalue weighted by Gasteiger charge is -2.01. The number of allylic oxidation sites excluding steroid dienone is 1. The highest BCUT2D eigenvalue weighted by Gasteiger charge is 1.90. The molecule has 0 aromatic heterocycles. The molecule has 0 saturated carbocycles. The summed E-state index contributed by atoms with van der Waals surface area (Å²) in [7, 11) is 1.69. The topological polar surface area (TPSA) is 9.23 Å². The Hall–Kier alpha value is -0.560. The third-order valence-electron chi connectivity index (χ3n) is 1.29. The number of unbranched alkanes of at least 4 members (excludes halogenated alkanes) is 1. The number of hydrogen-bond donors (Lipinski definition) is 0. The highest BCUT2D eigenvalue weighted by molar-refractivity contribution is 4.94. The molecule has 0 aliphatic carbocycles. The van der Waals surface area contributed by atoms with E-state index in [1.165, 1.54) is 5.57 Å². The molecule has 0 N–H and O–H groups in total. The van der Waals surface area contributed by atoms with Gasteiger partial charge in [-0.25, -0.2) is 0 Å². The van der Waals surface area contributed by atoms with Crippen molar-refractivity contribution >= 4 is 0 Å². The summed E-state index contributed by atoms with van der Waals surface area (Å²) in [5.41, 5.74) is 1.17. The van der Waals surface area contributed by atoms with E-state index in [0.717, 1.165) is 19.3 Å². The van der Waals surface area contributed by atoms with Crippen molar-refractivity contribution in [1.29, 1.82) is 0 Å². The molecular weight excluding hydrogens is 124 g/mol. The summed E-state index contributed by atoms with van der Waals surface area (Å²) < 4.78 is 4.91. The van der Waals surface area contributed by atoms with E-state index in [-0.39, 0.29) is 0 Å². The van der Waals surface area contributed by atoms with Crippen molar-refractivity contribution in [2.45, 2.75) is 19.3 Å². The van der Waals surface area contributed by atoms with Gasteiger partial charge in [0.1, 0.15) is 0 Å². The van der Waals surface area contributed by atoms with Crippen molar-refractivity contribution in [3.63, 3.8) is 0 Å². The van der Waals surface area contributed by atoms with Crippen LogP contribution >= 0.6 is 0 Å². The minimum absolute atomic E-state index is 0.692. The van der Waals surface area contributed by atoms with Crippen LogP contribution in [0, 0.1) is 0 Å². The van der Waals surface area contributed by atoms with Crippen LogP contribution < -0.4 is 0 Å². The quantitative estimate of drug-likeness (QED) is 0.407. The maximum Gasteiger partial charge on any atom is 0.0670 e. The number of hydrogen-bond acceptors (Lipinski definition) is 1. The standard InChI is InChI=1S/C9H16O/c1-4-5-6-7-9(2)8-10-3/h4H,1-2,5-8H2,3H3. The van der Waals surface area contributed by atoms with Gasteiger partial charge in [-0.15, -0.1) is 6.58 Å². The van der Waals surface area contributed by atoms with Gasteiger partial charge in [-0.3, -0.25) is 0 Å². The lowest BCUT2D eigenvalue weighted by Crippen LogP contribution is -1.91. The molecule has 0 aromatic carbocycles. The normalized spacial score (nSPS) is 9.30. The predicted molar refractivity (Wildman–Crippen MR) is 45.1 cm³/mol. The Kier molecular flexibility index (Phi) is 6.19. The Bertz CT molecular complexity index is 105. The van der Waals surface area contributed by atoms with Crippen LogP contribution in [0.3, 0.4) is 0 Å². The van der Waals surface area contributed by atoms with Gasteiger partial charge in [-0.2, -0.15) is 0 Å². The van der Waals surface area contributed by atoms with Gasteiger partial charge in [0.05, 0.1) is 6.61 Å². The van der Waals surface area contributed by atoms with Crippen LogP contribution in [-0.2, 0) is 4.74 Å². The van der Waals surface area contributed by atoms with Crippen LogP contribution in [0.5, 0.6) is 0 Å². The van der Waals surface area contributed by atoms with Crippen LogP contribution in [0.15, 0.2) is 24.8 Å². The van der Waals surface area contributed by atoms with E-state index in [1.54, 1.807) is 7.11 Å². The molecule has 0 aliphatic heterocycles. The Labute approximate surface area is 63.4 Å². The van der Waals surface area contributed by atoms with Crippen molar-refractivity contribution < 1.29 is 4.74 Å². The number of rotatable bonds is 6. The molecule has 0 aromatic rings. The molecular formula is C9H16O. The monoisotopic (exact) mass is 140 g/mol. The molecule has 0 atom stereocenters. The molecule has 0 fully saturated rings. The number of ether oxygens (including phenoxy) is 1. The molecule has 0 radical (unpaired) electrons. The van der Waals surface area contributed by atoms with Crippen molar-refractivity contribution in [2.75, 3.05) is 13.7 Å². The van der Waals surface area contributed by atoms with Gasteiger partial charge in [0, 0.05) is 7.11 Å². The molecule has 1 nitrogen and oxygen atoms in total. The molecule has 10 heavy (non-hydrogen) atoms. The minimum Gasteiger partial charge on any atom is -0.380 e. The molecule has 0 amide bonds. The maximum atomic E-state index is 4.91. The molecule has 0 unspecified atom stereocenters. The third-order valence-corrected chi connectivity index (χ3v) is 1.29. The van der Waals surface area contributed by atoms with E-state index in [0.29, 0.717) is 6.61 Å². The lowest BCUT2D eigenvalue weighted by molar-refractivity contribution is 0.223. The van der Waals surface area contributed by atoms with Gasteiger partial charge in [0.2, 0.25) is 0 Å². The molecule has 58 valence electrons. The van der Waals surface area contributed by atoms with E-state index in [9.17, 15) is 0 Å². The second kappa shape index (κ2) is 6.56. The van der Waals surface area contributed by atoms with E-state index in [4.69, 9.17) is 4.74 Å². The van der Waals surface area contributed by atoms with Crippen LogP contribution in [-0.4, -0.2) is 13.7 Å². The summed E-state index contributed by atoms with van der Waals surface area (Å²) in [6.07, 6.45) is 5.20. The Morgan fingerprint density at radius 3 is 2.80 bits per heavy atom. The predicted octanol–water partition coefficient (Wildman–Crippen LogP) is 2.55. The summed E-state index contributed by atoms with van der Waals surface area (Å²) in [6, 6.07) is 0. The molecule has 0 heterocycles. The summed E-state index contributed by atoms with van der Waals surface area (Å²) in [4.78, 5) is 0. The van der Waals surface area contributed by atoms with E-state index in [2.05, 4.69) is 13.2 Å². The van der Waals surface area contributed by atoms with Crippen LogP contribution in [0.1, 0.15) is 19.3 Å². The average Bonchev–Trinajstić information content (AvgIpc) is 1.89.